The number of benzene rings is 2. The number of thioether (sulfide) groups is 1. The molecular formula is C26H23N3O2S. The Balaban J connectivity index is 1.33. The van der Waals surface area contributed by atoms with Crippen molar-refractivity contribution in [2.45, 2.75) is 24.5 Å². The highest BCUT2D eigenvalue weighted by Crippen LogP contribution is 2.43. The first-order chi connectivity index (χ1) is 15.7. The number of aryl methyl sites for hydroxylation is 1. The second kappa shape index (κ2) is 8.93. The van der Waals surface area contributed by atoms with Crippen molar-refractivity contribution in [3.8, 4) is 11.5 Å². The number of fused-ring (bicyclic) bond motifs is 1. The van der Waals surface area contributed by atoms with Gasteiger partial charge < -0.3 is 14.6 Å². The van der Waals surface area contributed by atoms with Crippen molar-refractivity contribution in [2.24, 2.45) is 0 Å². The third-order valence-corrected chi connectivity index (χ3v) is 6.81. The van der Waals surface area contributed by atoms with Gasteiger partial charge in [-0.25, -0.2) is 0 Å². The van der Waals surface area contributed by atoms with E-state index < -0.39 is 0 Å². The number of nitrogens with zero attached hydrogens (tertiary/aromatic N) is 2. The van der Waals surface area contributed by atoms with Crippen LogP contribution in [0.1, 0.15) is 39.5 Å². The van der Waals surface area contributed by atoms with Crippen LogP contribution in [-0.4, -0.2) is 15.5 Å². The number of para-hydroxylation sites is 1. The van der Waals surface area contributed by atoms with Crippen LogP contribution < -0.4 is 10.1 Å². The molecule has 2 aromatic carbocycles. The molecule has 0 spiro atoms. The van der Waals surface area contributed by atoms with Gasteiger partial charge in [-0.15, -0.1) is 11.8 Å². The third-order valence-electron chi connectivity index (χ3n) is 5.55. The quantitative estimate of drug-likeness (QED) is 0.382. The van der Waals surface area contributed by atoms with Crippen molar-refractivity contribution in [3.63, 3.8) is 0 Å². The van der Waals surface area contributed by atoms with Crippen LogP contribution in [-0.2, 0) is 12.2 Å². The predicted molar refractivity (Wildman–Crippen MR) is 128 cm³/mol. The molecule has 1 N–H and O–H groups in total. The van der Waals surface area contributed by atoms with E-state index in [0.717, 1.165) is 40.4 Å². The maximum atomic E-state index is 13.0. The second-order valence-electron chi connectivity index (χ2n) is 7.58. The smallest absolute Gasteiger partial charge is 0.255 e. The van der Waals surface area contributed by atoms with Crippen molar-refractivity contribution in [1.82, 2.24) is 9.55 Å². The topological polar surface area (TPSA) is 56.1 Å². The molecule has 160 valence electrons. The Morgan fingerprint density at radius 2 is 2.06 bits per heavy atom. The minimum Gasteiger partial charge on any atom is -0.457 e. The summed E-state index contributed by atoms with van der Waals surface area (Å²) in [6, 6.07) is 21.3. The number of pyridine rings is 1. The van der Waals surface area contributed by atoms with Crippen molar-refractivity contribution in [3.05, 3.63) is 108 Å². The van der Waals surface area contributed by atoms with Crippen molar-refractivity contribution in [2.75, 3.05) is 5.32 Å². The Kier molecular flexibility index (Phi) is 5.69. The normalized spacial score (nSPS) is 14.7. The highest BCUT2D eigenvalue weighted by Gasteiger charge is 2.27. The SMILES string of the molecule is CCc1ccccc1Oc1cccc(C(=O)Nc2ccn3c2CSC3c2cccnc2)c1. The molecule has 5 rings (SSSR count). The van der Waals surface area contributed by atoms with Gasteiger partial charge in [-0.1, -0.05) is 37.3 Å². The van der Waals surface area contributed by atoms with Gasteiger partial charge >= 0.3 is 0 Å². The summed E-state index contributed by atoms with van der Waals surface area (Å²) in [5.74, 6) is 2.14. The lowest BCUT2D eigenvalue weighted by Crippen LogP contribution is -2.12. The fourth-order valence-electron chi connectivity index (χ4n) is 3.90. The average Bonchev–Trinajstić information content (AvgIpc) is 3.43. The van der Waals surface area contributed by atoms with Crippen molar-refractivity contribution < 1.29 is 9.53 Å². The number of carbonyl (C=O) groups is 1. The molecule has 6 heteroatoms. The number of hydrogen-bond donors (Lipinski definition) is 1. The number of nitrogens with one attached hydrogen (secondary N) is 1. The fourth-order valence-corrected chi connectivity index (χ4v) is 5.21. The van der Waals surface area contributed by atoms with Crippen LogP contribution in [0.5, 0.6) is 11.5 Å². The molecule has 4 aromatic rings. The van der Waals surface area contributed by atoms with Crippen LogP contribution in [0.4, 0.5) is 5.69 Å². The van der Waals surface area contributed by atoms with Crippen molar-refractivity contribution >= 4 is 23.4 Å². The second-order valence-corrected chi connectivity index (χ2v) is 8.65. The first-order valence-corrected chi connectivity index (χ1v) is 11.7. The van der Waals surface area contributed by atoms with E-state index in [1.165, 1.54) is 0 Å². The van der Waals surface area contributed by atoms with Gasteiger partial charge in [0.2, 0.25) is 0 Å². The molecule has 0 fully saturated rings. The molecule has 0 radical (unpaired) electrons. The fraction of sp³-hybridized carbons (Fsp3) is 0.154. The molecule has 32 heavy (non-hydrogen) atoms. The molecule has 1 aliphatic heterocycles. The number of amides is 1. The number of rotatable bonds is 6. The molecular weight excluding hydrogens is 418 g/mol. The minimum atomic E-state index is -0.150. The van der Waals surface area contributed by atoms with Gasteiger partial charge in [0.05, 0.1) is 11.4 Å². The standard InChI is InChI=1S/C26H23N3O2S/c1-2-18-7-3-4-11-24(18)31-21-10-5-8-19(15-21)25(30)28-22-12-14-29-23(22)17-32-26(29)20-9-6-13-27-16-20/h3-16,26H,2,17H2,1H3,(H,28,30). The van der Waals surface area contributed by atoms with E-state index in [-0.39, 0.29) is 11.3 Å². The van der Waals surface area contributed by atoms with Gasteiger partial charge in [0.15, 0.2) is 0 Å². The summed E-state index contributed by atoms with van der Waals surface area (Å²) in [5.41, 5.74) is 4.80. The van der Waals surface area contributed by atoms with Crippen LogP contribution in [0.25, 0.3) is 0 Å². The maximum absolute atomic E-state index is 13.0. The monoisotopic (exact) mass is 441 g/mol. The van der Waals surface area contributed by atoms with E-state index in [1.807, 2.05) is 66.6 Å². The molecule has 0 aliphatic carbocycles. The van der Waals surface area contributed by atoms with Crippen LogP contribution in [0.2, 0.25) is 0 Å². The lowest BCUT2D eigenvalue weighted by atomic mass is 10.1. The first kappa shape index (κ1) is 20.4. The molecule has 0 bridgehead atoms. The Hall–Kier alpha value is -3.51. The number of hydrogen-bond acceptors (Lipinski definition) is 4. The summed E-state index contributed by atoms with van der Waals surface area (Å²) < 4.78 is 8.28. The van der Waals surface area contributed by atoms with Crippen LogP contribution in [0.3, 0.4) is 0 Å². The summed E-state index contributed by atoms with van der Waals surface area (Å²) in [6.07, 6.45) is 6.59. The maximum Gasteiger partial charge on any atom is 0.255 e. The van der Waals surface area contributed by atoms with Gasteiger partial charge in [-0.05, 0) is 48.4 Å². The van der Waals surface area contributed by atoms with E-state index in [0.29, 0.717) is 11.3 Å². The van der Waals surface area contributed by atoms with Crippen molar-refractivity contribution in [1.29, 1.82) is 0 Å². The third kappa shape index (κ3) is 4.01. The van der Waals surface area contributed by atoms with Crippen LogP contribution >= 0.6 is 11.8 Å². The molecule has 1 unspecified atom stereocenters. The van der Waals surface area contributed by atoms with Gasteiger partial charge in [0.25, 0.3) is 5.91 Å². The largest absolute Gasteiger partial charge is 0.457 e. The Morgan fingerprint density at radius 1 is 1.16 bits per heavy atom. The highest BCUT2D eigenvalue weighted by atomic mass is 32.2. The lowest BCUT2D eigenvalue weighted by Gasteiger charge is -2.12. The predicted octanol–water partition coefficient (Wildman–Crippen LogP) is 6.28. The number of anilines is 1. The Labute approximate surface area is 191 Å². The summed E-state index contributed by atoms with van der Waals surface area (Å²) in [6.45, 7) is 2.10. The van der Waals surface area contributed by atoms with E-state index in [9.17, 15) is 4.79 Å². The number of carbonyl (C=O) groups excluding carboxylic acids is 1. The molecule has 5 nitrogen and oxygen atoms in total. The first-order valence-electron chi connectivity index (χ1n) is 10.6. The molecule has 1 aliphatic rings. The van der Waals surface area contributed by atoms with Crippen LogP contribution in [0, 0.1) is 0 Å². The van der Waals surface area contributed by atoms with Gasteiger partial charge in [0, 0.05) is 35.5 Å². The van der Waals surface area contributed by atoms with E-state index in [4.69, 9.17) is 4.74 Å². The van der Waals surface area contributed by atoms with Gasteiger partial charge in [-0.2, -0.15) is 0 Å². The van der Waals surface area contributed by atoms with E-state index >= 15 is 0 Å². The molecule has 0 saturated carbocycles. The Morgan fingerprint density at radius 3 is 2.91 bits per heavy atom. The number of ether oxygens (including phenoxy) is 1. The lowest BCUT2D eigenvalue weighted by molar-refractivity contribution is 0.102. The summed E-state index contributed by atoms with van der Waals surface area (Å²) in [4.78, 5) is 17.2. The van der Waals surface area contributed by atoms with Gasteiger partial charge in [0.1, 0.15) is 16.9 Å². The molecule has 1 atom stereocenters. The van der Waals surface area contributed by atoms with Crippen LogP contribution in [0.15, 0.2) is 85.3 Å². The van der Waals surface area contributed by atoms with Gasteiger partial charge in [-0.3, -0.25) is 9.78 Å². The minimum absolute atomic E-state index is 0.150. The zero-order chi connectivity index (χ0) is 21.9. The Bertz CT molecular complexity index is 1250. The summed E-state index contributed by atoms with van der Waals surface area (Å²) >= 11 is 1.83. The summed E-state index contributed by atoms with van der Waals surface area (Å²) in [5, 5.41) is 3.26. The zero-order valence-corrected chi connectivity index (χ0v) is 18.5. The number of aromatic nitrogens is 2. The molecule has 1 amide bonds. The highest BCUT2D eigenvalue weighted by molar-refractivity contribution is 7.99. The molecule has 2 aromatic heterocycles. The van der Waals surface area contributed by atoms with E-state index in [1.54, 1.807) is 18.3 Å². The molecule has 0 saturated heterocycles. The zero-order valence-electron chi connectivity index (χ0n) is 17.7. The average molecular weight is 442 g/mol. The summed E-state index contributed by atoms with van der Waals surface area (Å²) in [7, 11) is 0. The molecule has 3 heterocycles. The van der Waals surface area contributed by atoms with E-state index in [2.05, 4.69) is 33.9 Å².